The minimum absolute atomic E-state index is 0.0393. The maximum atomic E-state index is 13.6. The van der Waals surface area contributed by atoms with Crippen LogP contribution in [0.2, 0.25) is 0 Å². The first-order chi connectivity index (χ1) is 14.7. The molecule has 4 rings (SSSR count). The Morgan fingerprint density at radius 3 is 2.42 bits per heavy atom. The Morgan fingerprint density at radius 2 is 1.77 bits per heavy atom. The topological polar surface area (TPSA) is 46.1 Å². The average Bonchev–Trinajstić information content (AvgIpc) is 3.16. The van der Waals surface area contributed by atoms with E-state index in [1.54, 1.807) is 22.4 Å². The molecule has 0 atom stereocenters. The Kier molecular flexibility index (Phi) is 5.63. The molecule has 4 aromatic rings. The number of thiazole rings is 1. The fraction of sp³-hybridized carbons (Fsp3) is 0.269. The highest BCUT2D eigenvalue weighted by Gasteiger charge is 2.23. The van der Waals surface area contributed by atoms with E-state index in [1.165, 1.54) is 16.7 Å². The first-order valence-corrected chi connectivity index (χ1v) is 11.2. The molecule has 0 saturated heterocycles. The number of carbonyl (C=O) groups is 1. The lowest BCUT2D eigenvalue weighted by Gasteiger charge is -2.21. The molecule has 0 radical (unpaired) electrons. The molecule has 0 fully saturated rings. The van der Waals surface area contributed by atoms with Crippen molar-refractivity contribution in [2.45, 2.75) is 46.6 Å². The van der Waals surface area contributed by atoms with Gasteiger partial charge >= 0.3 is 0 Å². The van der Waals surface area contributed by atoms with Gasteiger partial charge in [0.25, 0.3) is 5.91 Å². The van der Waals surface area contributed by atoms with Crippen molar-refractivity contribution in [2.75, 3.05) is 4.90 Å². The Hall–Kier alpha value is -3.05. The van der Waals surface area contributed by atoms with E-state index < -0.39 is 0 Å². The molecule has 0 aliphatic rings. The minimum atomic E-state index is -0.0699. The van der Waals surface area contributed by atoms with Gasteiger partial charge in [0.1, 0.15) is 0 Å². The van der Waals surface area contributed by atoms with Crippen LogP contribution in [0.4, 0.5) is 5.13 Å². The maximum Gasteiger partial charge on any atom is 0.260 e. The van der Waals surface area contributed by atoms with E-state index in [9.17, 15) is 4.79 Å². The van der Waals surface area contributed by atoms with E-state index in [-0.39, 0.29) is 11.3 Å². The molecule has 2 aromatic carbocycles. The number of fused-ring (bicyclic) bond motifs is 1. The second kappa shape index (κ2) is 8.23. The second-order valence-electron chi connectivity index (χ2n) is 8.97. The van der Waals surface area contributed by atoms with E-state index in [2.05, 4.69) is 51.7 Å². The van der Waals surface area contributed by atoms with Gasteiger partial charge in [-0.1, -0.05) is 56.4 Å². The second-order valence-corrected chi connectivity index (χ2v) is 9.94. The molecular weight excluding hydrogens is 402 g/mol. The van der Waals surface area contributed by atoms with Gasteiger partial charge in [0.05, 0.1) is 22.5 Å². The number of carbonyl (C=O) groups excluding carboxylic acids is 1. The summed E-state index contributed by atoms with van der Waals surface area (Å²) < 4.78 is 1.11. The van der Waals surface area contributed by atoms with Crippen LogP contribution in [-0.4, -0.2) is 15.9 Å². The van der Waals surface area contributed by atoms with Crippen molar-refractivity contribution < 1.29 is 4.79 Å². The van der Waals surface area contributed by atoms with Gasteiger partial charge in [-0.25, -0.2) is 4.98 Å². The summed E-state index contributed by atoms with van der Waals surface area (Å²) in [6.07, 6.45) is 1.75. The average molecular weight is 430 g/mol. The number of amides is 1. The molecule has 0 aliphatic heterocycles. The molecule has 0 saturated carbocycles. The number of hydrogen-bond donors (Lipinski definition) is 0. The summed E-state index contributed by atoms with van der Waals surface area (Å²) in [5.74, 6) is -0.0699. The lowest BCUT2D eigenvalue weighted by Crippen LogP contribution is -2.30. The van der Waals surface area contributed by atoms with E-state index in [0.29, 0.717) is 17.2 Å². The highest BCUT2D eigenvalue weighted by Crippen LogP contribution is 2.33. The fourth-order valence-corrected chi connectivity index (χ4v) is 4.64. The van der Waals surface area contributed by atoms with Crippen LogP contribution in [-0.2, 0) is 12.0 Å². The lowest BCUT2D eigenvalue weighted by atomic mass is 9.86. The molecule has 2 heterocycles. The van der Waals surface area contributed by atoms with Gasteiger partial charge in [0.2, 0.25) is 0 Å². The summed E-state index contributed by atoms with van der Waals surface area (Å²) in [6.45, 7) is 11.0. The Balaban J connectivity index is 1.76. The minimum Gasteiger partial charge on any atom is -0.278 e. The van der Waals surface area contributed by atoms with Crippen LogP contribution >= 0.6 is 11.3 Å². The number of benzene rings is 2. The van der Waals surface area contributed by atoms with Gasteiger partial charge < -0.3 is 0 Å². The Morgan fingerprint density at radius 1 is 1.03 bits per heavy atom. The van der Waals surface area contributed by atoms with Crippen LogP contribution in [0.5, 0.6) is 0 Å². The summed E-state index contributed by atoms with van der Waals surface area (Å²) in [4.78, 5) is 24.6. The van der Waals surface area contributed by atoms with Crippen LogP contribution in [0.3, 0.4) is 0 Å². The molecule has 0 aliphatic carbocycles. The zero-order chi connectivity index (χ0) is 22.2. The van der Waals surface area contributed by atoms with Gasteiger partial charge in [-0.15, -0.1) is 0 Å². The van der Waals surface area contributed by atoms with Crippen molar-refractivity contribution in [3.63, 3.8) is 0 Å². The monoisotopic (exact) mass is 429 g/mol. The third-order valence-electron chi connectivity index (χ3n) is 5.33. The fourth-order valence-electron chi connectivity index (χ4n) is 3.63. The number of rotatable bonds is 4. The third kappa shape index (κ3) is 4.52. The third-order valence-corrected chi connectivity index (χ3v) is 6.56. The molecule has 0 unspecified atom stereocenters. The standard InChI is InChI=1S/C26H27N3OS/c1-17-14-18(2)23-22(15-17)28-25(31-23)29(16-21-8-6-7-13-27-21)24(30)19-9-11-20(12-10-19)26(3,4)5/h6-15H,16H2,1-5H3. The van der Waals surface area contributed by atoms with Crippen LogP contribution in [0.1, 0.15) is 53.5 Å². The van der Waals surface area contributed by atoms with E-state index in [1.807, 2.05) is 42.5 Å². The van der Waals surface area contributed by atoms with Crippen molar-refractivity contribution in [2.24, 2.45) is 0 Å². The molecule has 1 amide bonds. The number of anilines is 1. The summed E-state index contributed by atoms with van der Waals surface area (Å²) in [5.41, 5.74) is 5.99. The maximum absolute atomic E-state index is 13.6. The van der Waals surface area contributed by atoms with Crippen LogP contribution in [0.25, 0.3) is 10.2 Å². The van der Waals surface area contributed by atoms with Crippen LogP contribution in [0.15, 0.2) is 60.8 Å². The van der Waals surface area contributed by atoms with Crippen molar-refractivity contribution in [1.29, 1.82) is 0 Å². The van der Waals surface area contributed by atoms with E-state index in [0.717, 1.165) is 15.9 Å². The van der Waals surface area contributed by atoms with Crippen molar-refractivity contribution in [1.82, 2.24) is 9.97 Å². The zero-order valence-electron chi connectivity index (χ0n) is 18.6. The van der Waals surface area contributed by atoms with Gasteiger partial charge in [0, 0.05) is 11.8 Å². The molecule has 0 bridgehead atoms. The number of pyridine rings is 1. The number of aromatic nitrogens is 2. The molecule has 0 N–H and O–H groups in total. The van der Waals surface area contributed by atoms with Crippen molar-refractivity contribution in [3.8, 4) is 0 Å². The normalized spacial score (nSPS) is 11.6. The quantitative estimate of drug-likeness (QED) is 0.374. The Labute approximate surface area is 187 Å². The van der Waals surface area contributed by atoms with Crippen molar-refractivity contribution in [3.05, 3.63) is 88.7 Å². The number of aryl methyl sites for hydroxylation is 2. The van der Waals surface area contributed by atoms with Crippen molar-refractivity contribution >= 4 is 32.6 Å². The number of nitrogens with zero attached hydrogens (tertiary/aromatic N) is 3. The lowest BCUT2D eigenvalue weighted by molar-refractivity contribution is 0.0984. The summed E-state index contributed by atoms with van der Waals surface area (Å²) in [7, 11) is 0. The van der Waals surface area contributed by atoms with Crippen LogP contribution < -0.4 is 4.90 Å². The van der Waals surface area contributed by atoms with Gasteiger partial charge in [0.15, 0.2) is 5.13 Å². The highest BCUT2D eigenvalue weighted by molar-refractivity contribution is 7.22. The predicted octanol–water partition coefficient (Wildman–Crippen LogP) is 6.45. The SMILES string of the molecule is Cc1cc(C)c2sc(N(Cc3ccccn3)C(=O)c3ccc(C(C)(C)C)cc3)nc2c1. The summed E-state index contributed by atoms with van der Waals surface area (Å²) in [5, 5.41) is 0.694. The smallest absolute Gasteiger partial charge is 0.260 e. The highest BCUT2D eigenvalue weighted by atomic mass is 32.1. The predicted molar refractivity (Wildman–Crippen MR) is 129 cm³/mol. The molecule has 158 valence electrons. The molecule has 5 heteroatoms. The summed E-state index contributed by atoms with van der Waals surface area (Å²) >= 11 is 1.56. The largest absolute Gasteiger partial charge is 0.278 e. The van der Waals surface area contributed by atoms with Crippen LogP contribution in [0, 0.1) is 13.8 Å². The Bertz CT molecular complexity index is 1220. The first-order valence-electron chi connectivity index (χ1n) is 10.4. The molecule has 0 spiro atoms. The molecular formula is C26H27N3OS. The molecule has 2 aromatic heterocycles. The van der Waals surface area contributed by atoms with Gasteiger partial charge in [-0.05, 0) is 66.3 Å². The number of hydrogen-bond acceptors (Lipinski definition) is 4. The van der Waals surface area contributed by atoms with Gasteiger partial charge in [-0.2, -0.15) is 0 Å². The zero-order valence-corrected chi connectivity index (χ0v) is 19.5. The molecule has 4 nitrogen and oxygen atoms in total. The van der Waals surface area contributed by atoms with E-state index >= 15 is 0 Å². The molecule has 31 heavy (non-hydrogen) atoms. The summed E-state index contributed by atoms with van der Waals surface area (Å²) in [6, 6.07) is 17.9. The first kappa shape index (κ1) is 21.2. The van der Waals surface area contributed by atoms with Gasteiger partial charge in [-0.3, -0.25) is 14.7 Å². The van der Waals surface area contributed by atoms with E-state index in [4.69, 9.17) is 4.98 Å².